The Hall–Kier alpha value is -4.24. The molecule has 1 amide bonds. The fourth-order valence-electron chi connectivity index (χ4n) is 5.87. The van der Waals surface area contributed by atoms with E-state index >= 15 is 0 Å². The summed E-state index contributed by atoms with van der Waals surface area (Å²) in [5.74, 6) is 0.366. The second-order valence-corrected chi connectivity index (χ2v) is 9.99. The van der Waals surface area contributed by atoms with Gasteiger partial charge in [0.05, 0.1) is 40.6 Å². The molecule has 1 aliphatic heterocycles. The summed E-state index contributed by atoms with van der Waals surface area (Å²) in [5, 5.41) is 12.4. The molecule has 4 heterocycles. The highest BCUT2D eigenvalue weighted by atomic mass is 16.5. The van der Waals surface area contributed by atoms with E-state index in [1.807, 2.05) is 38.4 Å². The minimum atomic E-state index is -0.469. The fraction of sp³-hybridized carbons (Fsp3) is 0.333. The topological polar surface area (TPSA) is 96.1 Å². The number of hydrogen-bond donors (Lipinski definition) is 1. The third-order valence-corrected chi connectivity index (χ3v) is 7.56. The number of nitrogens with zero attached hydrogens (tertiary/aromatic N) is 5. The molecule has 39 heavy (non-hydrogen) atoms. The Morgan fingerprint density at radius 3 is 2.64 bits per heavy atom. The Labute approximate surface area is 226 Å². The van der Waals surface area contributed by atoms with Crippen molar-refractivity contribution < 1.29 is 14.3 Å². The number of carbonyl (C=O) groups is 1. The van der Waals surface area contributed by atoms with Crippen LogP contribution in [-0.2, 0) is 16.5 Å². The van der Waals surface area contributed by atoms with E-state index in [0.29, 0.717) is 18.2 Å². The van der Waals surface area contributed by atoms with Crippen molar-refractivity contribution in [2.24, 2.45) is 13.0 Å². The van der Waals surface area contributed by atoms with E-state index in [4.69, 9.17) is 14.5 Å². The summed E-state index contributed by atoms with van der Waals surface area (Å²) in [4.78, 5) is 17.3. The Kier molecular flexibility index (Phi) is 6.74. The van der Waals surface area contributed by atoms with Gasteiger partial charge in [-0.3, -0.25) is 10.3 Å². The van der Waals surface area contributed by atoms with Crippen LogP contribution in [0.4, 0.5) is 10.5 Å². The smallest absolute Gasteiger partial charge is 0.411 e. The van der Waals surface area contributed by atoms with Crippen molar-refractivity contribution in [2.75, 3.05) is 25.1 Å². The molecule has 0 unspecified atom stereocenters. The number of hydrogen-bond acceptors (Lipinski definition) is 6. The molecule has 1 fully saturated rings. The van der Waals surface area contributed by atoms with Gasteiger partial charge in [-0.15, -0.1) is 5.10 Å². The van der Waals surface area contributed by atoms with Crippen LogP contribution in [0, 0.1) is 12.8 Å². The Morgan fingerprint density at radius 1 is 1.13 bits per heavy atom. The van der Waals surface area contributed by atoms with E-state index in [1.54, 1.807) is 11.6 Å². The van der Waals surface area contributed by atoms with Crippen molar-refractivity contribution in [3.63, 3.8) is 0 Å². The molecule has 0 saturated carbocycles. The van der Waals surface area contributed by atoms with Crippen LogP contribution in [0.25, 0.3) is 33.2 Å². The van der Waals surface area contributed by atoms with Gasteiger partial charge < -0.3 is 14.0 Å². The quantitative estimate of drug-likeness (QED) is 0.298. The lowest BCUT2D eigenvalue weighted by atomic mass is 9.86. The summed E-state index contributed by atoms with van der Waals surface area (Å²) in [6, 6.07) is 18.9. The molecule has 0 aliphatic carbocycles. The first-order valence-corrected chi connectivity index (χ1v) is 13.4. The number of benzene rings is 2. The lowest BCUT2D eigenvalue weighted by molar-refractivity contribution is 0.0553. The van der Waals surface area contributed by atoms with E-state index in [-0.39, 0.29) is 6.04 Å². The molecule has 200 valence electrons. The van der Waals surface area contributed by atoms with Crippen molar-refractivity contribution in [1.82, 2.24) is 24.5 Å². The SMILES string of the molecule is CCOC(=O)Nc1ccc2c3ncc(-c4c(C)nnn4C)cc3n([C@H](c3ccccc3)C3CCOCC3)c2c1. The first-order chi connectivity index (χ1) is 19.0. The molecule has 1 N–H and O–H groups in total. The van der Waals surface area contributed by atoms with E-state index in [0.717, 1.165) is 64.9 Å². The van der Waals surface area contributed by atoms with Crippen LogP contribution in [0.3, 0.4) is 0 Å². The average molecular weight is 525 g/mol. The third-order valence-electron chi connectivity index (χ3n) is 7.56. The average Bonchev–Trinajstić information content (AvgIpc) is 3.45. The number of aryl methyl sites for hydroxylation is 2. The number of carbonyl (C=O) groups excluding carboxylic acids is 1. The zero-order valence-corrected chi connectivity index (χ0v) is 22.4. The molecule has 1 saturated heterocycles. The summed E-state index contributed by atoms with van der Waals surface area (Å²) < 4.78 is 15.1. The Morgan fingerprint density at radius 2 is 1.92 bits per heavy atom. The Bertz CT molecular complexity index is 1620. The normalized spacial score (nSPS) is 15.1. The van der Waals surface area contributed by atoms with Crippen molar-refractivity contribution in [3.05, 3.63) is 72.1 Å². The summed E-state index contributed by atoms with van der Waals surface area (Å²) in [7, 11) is 1.90. The molecule has 6 rings (SSSR count). The Balaban J connectivity index is 1.63. The van der Waals surface area contributed by atoms with Gasteiger partial charge in [0, 0.05) is 43.1 Å². The molecule has 2 aromatic carbocycles. The summed E-state index contributed by atoms with van der Waals surface area (Å²) in [5.41, 5.74) is 7.60. The van der Waals surface area contributed by atoms with Gasteiger partial charge in [0.1, 0.15) is 0 Å². The van der Waals surface area contributed by atoms with E-state index in [1.165, 1.54) is 5.56 Å². The summed E-state index contributed by atoms with van der Waals surface area (Å²) in [6.07, 6.45) is 3.34. The van der Waals surface area contributed by atoms with Crippen molar-refractivity contribution in [1.29, 1.82) is 0 Å². The van der Waals surface area contributed by atoms with Gasteiger partial charge in [0.2, 0.25) is 0 Å². The molecule has 9 heteroatoms. The van der Waals surface area contributed by atoms with Crippen LogP contribution in [0.2, 0.25) is 0 Å². The first kappa shape index (κ1) is 25.1. The summed E-state index contributed by atoms with van der Waals surface area (Å²) >= 11 is 0. The van der Waals surface area contributed by atoms with Crippen LogP contribution in [0.1, 0.15) is 37.1 Å². The largest absolute Gasteiger partial charge is 0.450 e. The van der Waals surface area contributed by atoms with Gasteiger partial charge in [0.25, 0.3) is 0 Å². The number of aromatic nitrogens is 5. The van der Waals surface area contributed by atoms with Gasteiger partial charge in [-0.2, -0.15) is 0 Å². The van der Waals surface area contributed by atoms with Crippen molar-refractivity contribution >= 4 is 33.7 Å². The highest BCUT2D eigenvalue weighted by Gasteiger charge is 2.30. The number of amides is 1. The molecule has 5 aromatic rings. The van der Waals surface area contributed by atoms with Crippen LogP contribution < -0.4 is 5.32 Å². The van der Waals surface area contributed by atoms with Gasteiger partial charge in [-0.05, 0) is 62.4 Å². The van der Waals surface area contributed by atoms with Crippen LogP contribution in [0.15, 0.2) is 60.8 Å². The zero-order valence-electron chi connectivity index (χ0n) is 22.4. The van der Waals surface area contributed by atoms with E-state index < -0.39 is 6.09 Å². The van der Waals surface area contributed by atoms with Gasteiger partial charge in [0.15, 0.2) is 0 Å². The highest BCUT2D eigenvalue weighted by Crippen LogP contribution is 2.41. The first-order valence-electron chi connectivity index (χ1n) is 13.4. The minimum absolute atomic E-state index is 0.0516. The second-order valence-electron chi connectivity index (χ2n) is 9.99. The predicted octanol–water partition coefficient (Wildman–Crippen LogP) is 5.88. The van der Waals surface area contributed by atoms with Gasteiger partial charge >= 0.3 is 6.09 Å². The number of pyridine rings is 1. The van der Waals surface area contributed by atoms with Crippen LogP contribution >= 0.6 is 0 Å². The van der Waals surface area contributed by atoms with Crippen molar-refractivity contribution in [2.45, 2.75) is 32.7 Å². The maximum atomic E-state index is 12.3. The molecule has 0 bridgehead atoms. The standard InChI is InChI=1S/C30H32N6O3/c1-4-39-30(37)32-23-10-11-24-25(17-23)36(29(20-8-6-5-7-9-20)21-12-14-38-15-13-21)26-16-22(18-31-27(24)26)28-19(2)33-34-35(28)3/h5-11,16-18,21,29H,4,12-15H2,1-3H3,(H,32,37)/t29-/m1/s1. The van der Waals surface area contributed by atoms with Crippen molar-refractivity contribution in [3.8, 4) is 11.3 Å². The number of rotatable bonds is 6. The third kappa shape index (κ3) is 4.63. The van der Waals surface area contributed by atoms with E-state index in [9.17, 15) is 4.79 Å². The highest BCUT2D eigenvalue weighted by molar-refractivity contribution is 6.08. The molecular weight excluding hydrogens is 492 g/mol. The number of fused-ring (bicyclic) bond motifs is 3. The number of nitrogens with one attached hydrogen (secondary N) is 1. The zero-order chi connectivity index (χ0) is 26.9. The van der Waals surface area contributed by atoms with E-state index in [2.05, 4.69) is 56.6 Å². The van der Waals surface area contributed by atoms with Crippen LogP contribution in [-0.4, -0.2) is 50.5 Å². The molecule has 9 nitrogen and oxygen atoms in total. The molecular formula is C30H32N6O3. The predicted molar refractivity (Wildman–Crippen MR) is 151 cm³/mol. The number of ether oxygens (including phenoxy) is 2. The fourth-order valence-corrected chi connectivity index (χ4v) is 5.87. The maximum Gasteiger partial charge on any atom is 0.411 e. The number of anilines is 1. The summed E-state index contributed by atoms with van der Waals surface area (Å²) in [6.45, 7) is 5.55. The maximum absolute atomic E-state index is 12.3. The lowest BCUT2D eigenvalue weighted by Crippen LogP contribution is -2.27. The van der Waals surface area contributed by atoms with Gasteiger partial charge in [-0.25, -0.2) is 9.48 Å². The lowest BCUT2D eigenvalue weighted by Gasteiger charge is -2.33. The molecule has 1 atom stereocenters. The molecule has 0 radical (unpaired) electrons. The monoisotopic (exact) mass is 524 g/mol. The second kappa shape index (κ2) is 10.5. The molecule has 3 aromatic heterocycles. The molecule has 1 aliphatic rings. The van der Waals surface area contributed by atoms with Crippen LogP contribution in [0.5, 0.6) is 0 Å². The minimum Gasteiger partial charge on any atom is -0.450 e. The molecule has 0 spiro atoms. The van der Waals surface area contributed by atoms with Gasteiger partial charge in [-0.1, -0.05) is 35.5 Å².